The van der Waals surface area contributed by atoms with Crippen LogP contribution in [0.25, 0.3) is 0 Å². The minimum atomic E-state index is -0.0137. The number of anilines is 1. The van der Waals surface area contributed by atoms with Crippen molar-refractivity contribution < 1.29 is 0 Å². The number of nitrogens with zero attached hydrogens (tertiary/aromatic N) is 1. The number of hydrazine groups is 1. The molecular formula is C8H12N4O. The summed E-state index contributed by atoms with van der Waals surface area (Å²) in [5, 5.41) is 0. The van der Waals surface area contributed by atoms with Gasteiger partial charge in [-0.05, 0) is 19.3 Å². The van der Waals surface area contributed by atoms with Crippen LogP contribution in [0.1, 0.15) is 17.7 Å². The van der Waals surface area contributed by atoms with Crippen molar-refractivity contribution in [2.75, 3.05) is 12.5 Å². The number of nitrogens with one attached hydrogen (secondary N) is 3. The molecule has 3 N–H and O–H groups in total. The molecule has 1 aromatic rings. The van der Waals surface area contributed by atoms with Gasteiger partial charge in [0.05, 0.1) is 5.69 Å². The standard InChI is InChI=1S/C8H12N4O/c1-9-12-8-10-6-4-2-3-5(6)7(13)11-8/h9H,2-4H2,1H3,(H2,10,11,12,13). The number of fused-ring (bicyclic) bond motifs is 1. The van der Waals surface area contributed by atoms with Crippen LogP contribution in [0.5, 0.6) is 0 Å². The molecule has 0 bridgehead atoms. The van der Waals surface area contributed by atoms with Crippen LogP contribution in [-0.4, -0.2) is 17.0 Å². The number of hydrogen-bond acceptors (Lipinski definition) is 4. The van der Waals surface area contributed by atoms with Crippen LogP contribution in [0.2, 0.25) is 0 Å². The second kappa shape index (κ2) is 3.18. The van der Waals surface area contributed by atoms with Gasteiger partial charge in [0.15, 0.2) is 0 Å². The van der Waals surface area contributed by atoms with E-state index in [1.165, 1.54) is 0 Å². The summed E-state index contributed by atoms with van der Waals surface area (Å²) in [6.45, 7) is 0. The van der Waals surface area contributed by atoms with Crippen molar-refractivity contribution in [1.29, 1.82) is 0 Å². The van der Waals surface area contributed by atoms with Crippen molar-refractivity contribution in [3.05, 3.63) is 21.6 Å². The lowest BCUT2D eigenvalue weighted by molar-refractivity contribution is 0.892. The molecule has 0 saturated heterocycles. The van der Waals surface area contributed by atoms with Gasteiger partial charge in [-0.25, -0.2) is 10.4 Å². The van der Waals surface area contributed by atoms with Crippen LogP contribution in [0.15, 0.2) is 4.79 Å². The van der Waals surface area contributed by atoms with E-state index in [2.05, 4.69) is 20.8 Å². The summed E-state index contributed by atoms with van der Waals surface area (Å²) in [6.07, 6.45) is 2.81. The smallest absolute Gasteiger partial charge is 0.255 e. The van der Waals surface area contributed by atoms with Crippen molar-refractivity contribution in [3.63, 3.8) is 0 Å². The van der Waals surface area contributed by atoms with Crippen molar-refractivity contribution >= 4 is 5.95 Å². The summed E-state index contributed by atoms with van der Waals surface area (Å²) in [4.78, 5) is 18.4. The van der Waals surface area contributed by atoms with Crippen LogP contribution in [0, 0.1) is 0 Å². The van der Waals surface area contributed by atoms with Crippen molar-refractivity contribution in [2.45, 2.75) is 19.3 Å². The number of aryl methyl sites for hydroxylation is 1. The number of hydrogen-bond donors (Lipinski definition) is 3. The zero-order chi connectivity index (χ0) is 9.26. The Morgan fingerprint density at radius 2 is 2.31 bits per heavy atom. The Morgan fingerprint density at radius 3 is 3.08 bits per heavy atom. The summed E-state index contributed by atoms with van der Waals surface area (Å²) in [5.74, 6) is 0.494. The summed E-state index contributed by atoms with van der Waals surface area (Å²) in [6, 6.07) is 0. The maximum atomic E-state index is 11.4. The molecule has 0 spiro atoms. The van der Waals surface area contributed by atoms with E-state index in [-0.39, 0.29) is 5.56 Å². The van der Waals surface area contributed by atoms with Gasteiger partial charge in [0.1, 0.15) is 0 Å². The molecule has 0 unspecified atom stereocenters. The van der Waals surface area contributed by atoms with Crippen LogP contribution < -0.4 is 16.4 Å². The van der Waals surface area contributed by atoms with Gasteiger partial charge >= 0.3 is 0 Å². The second-order valence-corrected chi connectivity index (χ2v) is 3.07. The second-order valence-electron chi connectivity index (χ2n) is 3.07. The number of H-pyrrole nitrogens is 1. The third-order valence-corrected chi connectivity index (χ3v) is 2.18. The quantitative estimate of drug-likeness (QED) is 0.551. The predicted molar refractivity (Wildman–Crippen MR) is 49.6 cm³/mol. The van der Waals surface area contributed by atoms with Gasteiger partial charge in [0, 0.05) is 12.6 Å². The van der Waals surface area contributed by atoms with Crippen LogP contribution in [0.3, 0.4) is 0 Å². The first-order valence-electron chi connectivity index (χ1n) is 4.36. The Morgan fingerprint density at radius 1 is 1.46 bits per heavy atom. The molecule has 1 heterocycles. The van der Waals surface area contributed by atoms with Crippen molar-refractivity contribution in [1.82, 2.24) is 15.4 Å². The minimum Gasteiger partial charge on any atom is -0.291 e. The highest BCUT2D eigenvalue weighted by Crippen LogP contribution is 2.16. The van der Waals surface area contributed by atoms with Crippen molar-refractivity contribution in [3.8, 4) is 0 Å². The van der Waals surface area contributed by atoms with Gasteiger partial charge < -0.3 is 0 Å². The van der Waals surface area contributed by atoms with E-state index in [0.717, 1.165) is 30.5 Å². The molecule has 0 radical (unpaired) electrons. The van der Waals surface area contributed by atoms with Crippen LogP contribution >= 0.6 is 0 Å². The molecule has 1 aliphatic carbocycles. The summed E-state index contributed by atoms with van der Waals surface area (Å²) in [7, 11) is 1.73. The van der Waals surface area contributed by atoms with E-state index < -0.39 is 0 Å². The highest BCUT2D eigenvalue weighted by molar-refractivity contribution is 5.31. The fourth-order valence-corrected chi connectivity index (χ4v) is 1.62. The Balaban J connectivity index is 2.44. The third-order valence-electron chi connectivity index (χ3n) is 2.18. The lowest BCUT2D eigenvalue weighted by Gasteiger charge is -2.04. The van der Waals surface area contributed by atoms with E-state index in [4.69, 9.17) is 0 Å². The molecule has 0 fully saturated rings. The number of aromatic nitrogens is 2. The number of rotatable bonds is 2. The van der Waals surface area contributed by atoms with Crippen LogP contribution in [0.4, 0.5) is 5.95 Å². The lowest BCUT2D eigenvalue weighted by atomic mass is 10.3. The summed E-state index contributed by atoms with van der Waals surface area (Å²) >= 11 is 0. The first kappa shape index (κ1) is 8.25. The molecule has 0 aliphatic heterocycles. The zero-order valence-corrected chi connectivity index (χ0v) is 7.48. The summed E-state index contributed by atoms with van der Waals surface area (Å²) in [5.41, 5.74) is 7.25. The first-order valence-corrected chi connectivity index (χ1v) is 4.36. The average Bonchev–Trinajstić information content (AvgIpc) is 2.53. The molecule has 0 amide bonds. The molecule has 0 saturated carbocycles. The molecule has 5 heteroatoms. The van der Waals surface area contributed by atoms with E-state index in [1.54, 1.807) is 7.05 Å². The topological polar surface area (TPSA) is 69.8 Å². The maximum Gasteiger partial charge on any atom is 0.255 e. The van der Waals surface area contributed by atoms with Gasteiger partial charge in [-0.2, -0.15) is 0 Å². The predicted octanol–water partition coefficient (Wildman–Crippen LogP) is -0.195. The van der Waals surface area contributed by atoms with Gasteiger partial charge in [-0.15, -0.1) is 0 Å². The van der Waals surface area contributed by atoms with Crippen LogP contribution in [-0.2, 0) is 12.8 Å². The Hall–Kier alpha value is -1.36. The Labute approximate surface area is 75.6 Å². The van der Waals surface area contributed by atoms with Gasteiger partial charge in [-0.3, -0.25) is 15.2 Å². The minimum absolute atomic E-state index is 0.0137. The summed E-state index contributed by atoms with van der Waals surface area (Å²) < 4.78 is 0. The zero-order valence-electron chi connectivity index (χ0n) is 7.48. The molecule has 5 nitrogen and oxygen atoms in total. The van der Waals surface area contributed by atoms with Crippen molar-refractivity contribution in [2.24, 2.45) is 0 Å². The molecule has 70 valence electrons. The Bertz CT molecular complexity index is 371. The molecule has 0 atom stereocenters. The molecule has 13 heavy (non-hydrogen) atoms. The molecule has 1 aromatic heterocycles. The fraction of sp³-hybridized carbons (Fsp3) is 0.500. The van der Waals surface area contributed by atoms with E-state index in [1.807, 2.05) is 0 Å². The SMILES string of the molecule is CNNc1nc2c(c(=O)[nH]1)CCC2. The van der Waals surface area contributed by atoms with E-state index >= 15 is 0 Å². The highest BCUT2D eigenvalue weighted by atomic mass is 16.1. The fourth-order valence-electron chi connectivity index (χ4n) is 1.62. The molecule has 1 aliphatic rings. The van der Waals surface area contributed by atoms with Gasteiger partial charge in [0.2, 0.25) is 5.95 Å². The average molecular weight is 180 g/mol. The van der Waals surface area contributed by atoms with Gasteiger partial charge in [0.25, 0.3) is 5.56 Å². The third kappa shape index (κ3) is 1.42. The molecule has 0 aromatic carbocycles. The monoisotopic (exact) mass is 180 g/mol. The maximum absolute atomic E-state index is 11.4. The largest absolute Gasteiger partial charge is 0.291 e. The normalized spacial score (nSPS) is 14.2. The van der Waals surface area contributed by atoms with Gasteiger partial charge in [-0.1, -0.05) is 0 Å². The number of aromatic amines is 1. The van der Waals surface area contributed by atoms with E-state index in [0.29, 0.717) is 5.95 Å². The molecule has 2 rings (SSSR count). The first-order chi connectivity index (χ1) is 6.31. The molecular weight excluding hydrogens is 168 g/mol. The Kier molecular flexibility index (Phi) is 2.02. The lowest BCUT2D eigenvalue weighted by Crippen LogP contribution is -2.23. The van der Waals surface area contributed by atoms with E-state index in [9.17, 15) is 4.79 Å². The highest BCUT2D eigenvalue weighted by Gasteiger charge is 2.16.